The number of hydrogen-bond donors (Lipinski definition) is 1. The van der Waals surface area contributed by atoms with Gasteiger partial charge in [-0.15, -0.1) is 0 Å². The molecule has 1 aromatic rings. The molecule has 0 bridgehead atoms. The van der Waals surface area contributed by atoms with E-state index in [-0.39, 0.29) is 12.5 Å². The van der Waals surface area contributed by atoms with Gasteiger partial charge in [0.05, 0.1) is 7.11 Å². The van der Waals surface area contributed by atoms with E-state index in [0.29, 0.717) is 6.42 Å². The maximum absolute atomic E-state index is 14.6. The van der Waals surface area contributed by atoms with Gasteiger partial charge in [-0.1, -0.05) is 15.9 Å². The monoisotopic (exact) mass is 301 g/mol. The quantitative estimate of drug-likeness (QED) is 0.907. The van der Waals surface area contributed by atoms with E-state index < -0.39 is 5.67 Å². The summed E-state index contributed by atoms with van der Waals surface area (Å²) in [6.07, 6.45) is 2.23. The van der Waals surface area contributed by atoms with E-state index in [1.165, 1.54) is 0 Å². The van der Waals surface area contributed by atoms with Crippen molar-refractivity contribution >= 4 is 15.9 Å². The second kappa shape index (κ2) is 4.94. The fraction of sp³-hybridized carbons (Fsp3) is 0.538. The Kier molecular flexibility index (Phi) is 3.73. The maximum Gasteiger partial charge on any atom is 0.130 e. The van der Waals surface area contributed by atoms with Gasteiger partial charge < -0.3 is 10.5 Å². The molecule has 17 heavy (non-hydrogen) atoms. The van der Waals surface area contributed by atoms with Gasteiger partial charge in [-0.3, -0.25) is 0 Å². The number of alkyl halides is 1. The molecule has 1 fully saturated rings. The molecule has 94 valence electrons. The second-order valence-electron chi connectivity index (χ2n) is 4.65. The Hall–Kier alpha value is -0.610. The van der Waals surface area contributed by atoms with Gasteiger partial charge in [-0.25, -0.2) is 4.39 Å². The first kappa shape index (κ1) is 12.8. The van der Waals surface area contributed by atoms with Crippen LogP contribution in [0.1, 0.15) is 18.4 Å². The van der Waals surface area contributed by atoms with Crippen LogP contribution in [-0.4, -0.2) is 19.3 Å². The van der Waals surface area contributed by atoms with Gasteiger partial charge in [0.25, 0.3) is 0 Å². The summed E-state index contributed by atoms with van der Waals surface area (Å²) in [6, 6.07) is 5.65. The van der Waals surface area contributed by atoms with Crippen LogP contribution in [0.3, 0.4) is 0 Å². The average Bonchev–Trinajstić information content (AvgIpc) is 3.13. The van der Waals surface area contributed by atoms with Crippen LogP contribution < -0.4 is 10.5 Å². The molecule has 0 aliphatic heterocycles. The fourth-order valence-electron chi connectivity index (χ4n) is 2.19. The van der Waals surface area contributed by atoms with Gasteiger partial charge in [0.2, 0.25) is 0 Å². The summed E-state index contributed by atoms with van der Waals surface area (Å²) in [5.41, 5.74) is 5.19. The Morgan fingerprint density at radius 2 is 2.24 bits per heavy atom. The Morgan fingerprint density at radius 1 is 1.53 bits per heavy atom. The highest BCUT2D eigenvalue weighted by Gasteiger charge is 2.45. The normalized spacial score (nSPS) is 18.8. The molecule has 1 aromatic carbocycles. The zero-order valence-corrected chi connectivity index (χ0v) is 11.5. The van der Waals surface area contributed by atoms with Crippen molar-refractivity contribution in [2.24, 2.45) is 11.7 Å². The highest BCUT2D eigenvalue weighted by Crippen LogP contribution is 2.44. The largest absolute Gasteiger partial charge is 0.496 e. The standard InChI is InChI=1S/C13H17BrFNO/c1-17-12-5-4-11(14)6-9(12)7-13(15,8-16)10-2-3-10/h4-6,10H,2-3,7-8,16H2,1H3. The topological polar surface area (TPSA) is 35.2 Å². The molecule has 0 spiro atoms. The van der Waals surface area contributed by atoms with E-state index in [9.17, 15) is 4.39 Å². The average molecular weight is 302 g/mol. The predicted molar refractivity (Wildman–Crippen MR) is 70.0 cm³/mol. The third-order valence-electron chi connectivity index (χ3n) is 3.38. The minimum atomic E-state index is -1.28. The van der Waals surface area contributed by atoms with Crippen molar-refractivity contribution in [3.63, 3.8) is 0 Å². The van der Waals surface area contributed by atoms with Crippen LogP contribution in [0.25, 0.3) is 0 Å². The van der Waals surface area contributed by atoms with Gasteiger partial charge in [-0.2, -0.15) is 0 Å². The van der Waals surface area contributed by atoms with Gasteiger partial charge in [0.15, 0.2) is 0 Å². The van der Waals surface area contributed by atoms with Gasteiger partial charge >= 0.3 is 0 Å². The maximum atomic E-state index is 14.6. The second-order valence-corrected chi connectivity index (χ2v) is 5.56. The van der Waals surface area contributed by atoms with E-state index >= 15 is 0 Å². The Labute approximate surface area is 109 Å². The first-order valence-corrected chi connectivity index (χ1v) is 6.60. The van der Waals surface area contributed by atoms with E-state index in [0.717, 1.165) is 28.6 Å². The zero-order chi connectivity index (χ0) is 12.5. The molecule has 0 heterocycles. The number of rotatable bonds is 5. The minimum absolute atomic E-state index is 0.0767. The third kappa shape index (κ3) is 2.80. The SMILES string of the molecule is COc1ccc(Br)cc1CC(F)(CN)C1CC1. The lowest BCUT2D eigenvalue weighted by atomic mass is 9.91. The predicted octanol–water partition coefficient (Wildman–Crippen LogP) is 3.08. The molecular weight excluding hydrogens is 285 g/mol. The molecule has 1 atom stereocenters. The number of ether oxygens (including phenoxy) is 1. The highest BCUT2D eigenvalue weighted by molar-refractivity contribution is 9.10. The van der Waals surface area contributed by atoms with Crippen molar-refractivity contribution in [2.75, 3.05) is 13.7 Å². The summed E-state index contributed by atoms with van der Waals surface area (Å²) in [5.74, 6) is 0.848. The fourth-order valence-corrected chi connectivity index (χ4v) is 2.59. The number of methoxy groups -OCH3 is 1. The van der Waals surface area contributed by atoms with Gasteiger partial charge in [-0.05, 0) is 42.5 Å². The number of nitrogens with two attached hydrogens (primary N) is 1. The van der Waals surface area contributed by atoms with Crippen molar-refractivity contribution in [2.45, 2.75) is 24.9 Å². The van der Waals surface area contributed by atoms with Crippen LogP contribution in [0, 0.1) is 5.92 Å². The van der Waals surface area contributed by atoms with Crippen LogP contribution in [0.2, 0.25) is 0 Å². The molecule has 2 nitrogen and oxygen atoms in total. The van der Waals surface area contributed by atoms with Gasteiger partial charge in [0.1, 0.15) is 11.4 Å². The first-order valence-electron chi connectivity index (χ1n) is 5.80. The van der Waals surface area contributed by atoms with Crippen LogP contribution in [-0.2, 0) is 6.42 Å². The summed E-state index contributed by atoms with van der Waals surface area (Å²) < 4.78 is 20.8. The minimum Gasteiger partial charge on any atom is -0.496 e. The van der Waals surface area contributed by atoms with Crippen LogP contribution in [0.5, 0.6) is 5.75 Å². The molecule has 1 aliphatic carbocycles. The molecule has 0 radical (unpaired) electrons. The Morgan fingerprint density at radius 3 is 2.76 bits per heavy atom. The van der Waals surface area contributed by atoms with E-state index in [2.05, 4.69) is 15.9 Å². The van der Waals surface area contributed by atoms with Gasteiger partial charge in [0, 0.05) is 17.4 Å². The summed E-state index contributed by atoms with van der Waals surface area (Å²) in [7, 11) is 1.60. The number of halogens is 2. The van der Waals surface area contributed by atoms with Crippen molar-refractivity contribution in [3.8, 4) is 5.75 Å². The van der Waals surface area contributed by atoms with E-state index in [4.69, 9.17) is 10.5 Å². The lowest BCUT2D eigenvalue weighted by Crippen LogP contribution is -2.37. The molecule has 1 saturated carbocycles. The summed E-state index contributed by atoms with van der Waals surface area (Å²) >= 11 is 3.40. The third-order valence-corrected chi connectivity index (χ3v) is 3.87. The molecule has 1 unspecified atom stereocenters. The van der Waals surface area contributed by atoms with Crippen molar-refractivity contribution in [3.05, 3.63) is 28.2 Å². The Bertz CT molecular complexity index is 408. The summed E-state index contributed by atoms with van der Waals surface area (Å²) in [5, 5.41) is 0. The van der Waals surface area contributed by atoms with Crippen molar-refractivity contribution < 1.29 is 9.13 Å². The molecule has 1 aliphatic rings. The lowest BCUT2D eigenvalue weighted by Gasteiger charge is -2.24. The molecule has 0 saturated heterocycles. The Balaban J connectivity index is 2.24. The zero-order valence-electron chi connectivity index (χ0n) is 9.88. The molecule has 2 N–H and O–H groups in total. The van der Waals surface area contributed by atoms with Crippen LogP contribution in [0.15, 0.2) is 22.7 Å². The highest BCUT2D eigenvalue weighted by atomic mass is 79.9. The number of benzene rings is 1. The summed E-state index contributed by atoms with van der Waals surface area (Å²) in [6.45, 7) is 0.0767. The number of hydrogen-bond acceptors (Lipinski definition) is 2. The smallest absolute Gasteiger partial charge is 0.130 e. The first-order chi connectivity index (χ1) is 8.09. The van der Waals surface area contributed by atoms with Crippen molar-refractivity contribution in [1.82, 2.24) is 0 Å². The lowest BCUT2D eigenvalue weighted by molar-refractivity contribution is 0.141. The van der Waals surface area contributed by atoms with Crippen LogP contribution >= 0.6 is 15.9 Å². The van der Waals surface area contributed by atoms with Crippen molar-refractivity contribution in [1.29, 1.82) is 0 Å². The molecular formula is C13H17BrFNO. The molecule has 2 rings (SSSR count). The van der Waals surface area contributed by atoms with Crippen LogP contribution in [0.4, 0.5) is 4.39 Å². The van der Waals surface area contributed by atoms with E-state index in [1.807, 2.05) is 18.2 Å². The van der Waals surface area contributed by atoms with E-state index in [1.54, 1.807) is 7.11 Å². The molecule has 0 aromatic heterocycles. The molecule has 0 amide bonds. The molecule has 4 heteroatoms. The summed E-state index contributed by atoms with van der Waals surface area (Å²) in [4.78, 5) is 0.